The van der Waals surface area contributed by atoms with Gasteiger partial charge in [0.05, 0.1) is 30.1 Å². The first kappa shape index (κ1) is 26.1. The van der Waals surface area contributed by atoms with Crippen LogP contribution < -0.4 is 4.74 Å². The lowest BCUT2D eigenvalue weighted by atomic mass is 10.1. The highest BCUT2D eigenvalue weighted by atomic mass is 35.5. The summed E-state index contributed by atoms with van der Waals surface area (Å²) in [5.41, 5.74) is 2.74. The quantitative estimate of drug-likeness (QED) is 0.0831. The molecule has 1 aromatic heterocycles. The summed E-state index contributed by atoms with van der Waals surface area (Å²) in [7, 11) is 1.65. The first-order valence-corrected chi connectivity index (χ1v) is 12.5. The van der Waals surface area contributed by atoms with Gasteiger partial charge in [0.25, 0.3) is 0 Å². The fraction of sp³-hybridized carbons (Fsp3) is 0.231. The zero-order valence-corrected chi connectivity index (χ0v) is 21.0. The first-order chi connectivity index (χ1) is 16.5. The minimum atomic E-state index is -0.579. The molecule has 0 radical (unpaired) electrons. The van der Waals surface area contributed by atoms with E-state index in [2.05, 4.69) is 4.98 Å². The molecule has 0 unspecified atom stereocenters. The van der Waals surface area contributed by atoms with Crippen molar-refractivity contribution in [2.24, 2.45) is 0 Å². The van der Waals surface area contributed by atoms with Crippen molar-refractivity contribution in [1.82, 2.24) is 4.98 Å². The monoisotopic (exact) mass is 517 g/mol. The largest absolute Gasteiger partial charge is 0.497 e. The Morgan fingerprint density at radius 1 is 1.06 bits per heavy atom. The molecular weight excluding hydrogens is 493 g/mol. The summed E-state index contributed by atoms with van der Waals surface area (Å²) in [4.78, 5) is 27.2. The molecule has 0 aliphatic rings. The number of pyridine rings is 1. The molecule has 0 aliphatic carbocycles. The zero-order chi connectivity index (χ0) is 24.2. The molecule has 2 aromatic carbocycles. The fourth-order valence-electron chi connectivity index (χ4n) is 2.98. The number of halogens is 2. The second kappa shape index (κ2) is 14.0. The number of benzene rings is 2. The average molecular weight is 518 g/mol. The molecule has 3 rings (SSSR count). The van der Waals surface area contributed by atoms with E-state index in [0.717, 1.165) is 35.6 Å². The minimum Gasteiger partial charge on any atom is -0.497 e. The molecule has 1 heterocycles. The number of aryl methyl sites for hydroxylation is 1. The molecule has 0 fully saturated rings. The lowest BCUT2D eigenvalue weighted by Crippen LogP contribution is -2.03. The average Bonchev–Trinajstić information content (AvgIpc) is 2.85. The SMILES string of the molecule is COc1ccc(CCCCOOC(=O)C=Cc2cccc(CSc3ccc(Cl)cc3Cl)n2)cc1. The number of carbonyl (C=O) groups is 1. The third-order valence-corrected chi connectivity index (χ3v) is 6.50. The Kier molecular flexibility index (Phi) is 10.8. The molecular formula is C26H25Cl2NO4S. The van der Waals surface area contributed by atoms with E-state index in [0.29, 0.717) is 28.1 Å². The van der Waals surface area contributed by atoms with Gasteiger partial charge in [0.15, 0.2) is 0 Å². The van der Waals surface area contributed by atoms with Gasteiger partial charge in [0.1, 0.15) is 5.75 Å². The first-order valence-electron chi connectivity index (χ1n) is 10.7. The highest BCUT2D eigenvalue weighted by Gasteiger charge is 2.05. The van der Waals surface area contributed by atoms with Crippen molar-refractivity contribution in [3.8, 4) is 5.75 Å². The Morgan fingerprint density at radius 3 is 2.65 bits per heavy atom. The number of hydrogen-bond donors (Lipinski definition) is 0. The predicted molar refractivity (Wildman–Crippen MR) is 137 cm³/mol. The number of methoxy groups -OCH3 is 1. The molecule has 0 amide bonds. The van der Waals surface area contributed by atoms with E-state index in [4.69, 9.17) is 37.7 Å². The van der Waals surface area contributed by atoms with E-state index in [1.807, 2.05) is 48.5 Å². The normalized spacial score (nSPS) is 11.0. The number of hydrogen-bond acceptors (Lipinski definition) is 6. The Morgan fingerprint density at radius 2 is 1.88 bits per heavy atom. The summed E-state index contributed by atoms with van der Waals surface area (Å²) in [6.07, 6.45) is 5.52. The molecule has 0 aliphatic heterocycles. The van der Waals surface area contributed by atoms with E-state index in [1.54, 1.807) is 37.1 Å². The van der Waals surface area contributed by atoms with Gasteiger partial charge < -0.3 is 4.74 Å². The lowest BCUT2D eigenvalue weighted by Gasteiger charge is -2.05. The van der Waals surface area contributed by atoms with Crippen LogP contribution in [-0.2, 0) is 26.7 Å². The van der Waals surface area contributed by atoms with Crippen LogP contribution >= 0.6 is 35.0 Å². The third kappa shape index (κ3) is 9.03. The molecule has 0 saturated carbocycles. The number of thioether (sulfide) groups is 1. The van der Waals surface area contributed by atoms with Crippen LogP contribution in [-0.4, -0.2) is 24.7 Å². The number of unbranched alkanes of at least 4 members (excludes halogenated alkanes) is 1. The number of nitrogens with zero attached hydrogens (tertiary/aromatic N) is 1. The molecule has 34 heavy (non-hydrogen) atoms. The lowest BCUT2D eigenvalue weighted by molar-refractivity contribution is -0.267. The van der Waals surface area contributed by atoms with Crippen LogP contribution in [0.15, 0.2) is 71.6 Å². The van der Waals surface area contributed by atoms with E-state index in [-0.39, 0.29) is 0 Å². The molecule has 5 nitrogen and oxygen atoms in total. The zero-order valence-electron chi connectivity index (χ0n) is 18.7. The maximum Gasteiger partial charge on any atom is 0.366 e. The second-order valence-corrected chi connectivity index (χ2v) is 9.14. The van der Waals surface area contributed by atoms with Crippen molar-refractivity contribution in [3.05, 3.63) is 93.7 Å². The van der Waals surface area contributed by atoms with Crippen LogP contribution in [0.5, 0.6) is 5.75 Å². The molecule has 0 atom stereocenters. The minimum absolute atomic E-state index is 0.341. The summed E-state index contributed by atoms with van der Waals surface area (Å²) >= 11 is 13.7. The summed E-state index contributed by atoms with van der Waals surface area (Å²) in [5.74, 6) is 0.896. The van der Waals surface area contributed by atoms with Gasteiger partial charge in [-0.1, -0.05) is 41.4 Å². The molecule has 0 bridgehead atoms. The van der Waals surface area contributed by atoms with E-state index >= 15 is 0 Å². The van der Waals surface area contributed by atoms with Crippen molar-refractivity contribution >= 4 is 47.0 Å². The topological polar surface area (TPSA) is 57.7 Å². The van der Waals surface area contributed by atoms with Crippen molar-refractivity contribution < 1.29 is 19.3 Å². The van der Waals surface area contributed by atoms with E-state index in [1.165, 1.54) is 11.6 Å². The van der Waals surface area contributed by atoms with Gasteiger partial charge in [-0.15, -0.1) is 11.8 Å². The Balaban J connectivity index is 1.35. The van der Waals surface area contributed by atoms with Crippen LogP contribution in [0, 0.1) is 0 Å². The van der Waals surface area contributed by atoms with Gasteiger partial charge in [-0.2, -0.15) is 4.89 Å². The third-order valence-electron chi connectivity index (χ3n) is 4.73. The van der Waals surface area contributed by atoms with Gasteiger partial charge >= 0.3 is 5.97 Å². The summed E-state index contributed by atoms with van der Waals surface area (Å²) < 4.78 is 5.15. The Labute approximate surface area is 214 Å². The maximum absolute atomic E-state index is 11.9. The van der Waals surface area contributed by atoms with E-state index in [9.17, 15) is 4.79 Å². The fourth-order valence-corrected chi connectivity index (χ4v) is 4.38. The highest BCUT2D eigenvalue weighted by Crippen LogP contribution is 2.31. The van der Waals surface area contributed by atoms with Crippen LogP contribution in [0.4, 0.5) is 0 Å². The van der Waals surface area contributed by atoms with Crippen molar-refractivity contribution in [3.63, 3.8) is 0 Å². The highest BCUT2D eigenvalue weighted by molar-refractivity contribution is 7.98. The maximum atomic E-state index is 11.9. The van der Waals surface area contributed by atoms with Crippen LogP contribution in [0.25, 0.3) is 6.08 Å². The Bertz CT molecular complexity index is 1110. The second-order valence-electron chi connectivity index (χ2n) is 7.28. The van der Waals surface area contributed by atoms with Gasteiger partial charge in [-0.3, -0.25) is 9.87 Å². The van der Waals surface area contributed by atoms with Gasteiger partial charge in [-0.25, -0.2) is 4.79 Å². The van der Waals surface area contributed by atoms with Crippen LogP contribution in [0.1, 0.15) is 29.8 Å². The van der Waals surface area contributed by atoms with Gasteiger partial charge in [0, 0.05) is 21.7 Å². The van der Waals surface area contributed by atoms with Crippen molar-refractivity contribution in [2.75, 3.05) is 13.7 Å². The number of ether oxygens (including phenoxy) is 1. The Hall–Kier alpha value is -2.51. The molecule has 178 valence electrons. The van der Waals surface area contributed by atoms with Crippen LogP contribution in [0.3, 0.4) is 0 Å². The molecule has 0 N–H and O–H groups in total. The van der Waals surface area contributed by atoms with Crippen molar-refractivity contribution in [1.29, 1.82) is 0 Å². The smallest absolute Gasteiger partial charge is 0.366 e. The van der Waals surface area contributed by atoms with Crippen molar-refractivity contribution in [2.45, 2.75) is 29.9 Å². The number of rotatable bonds is 12. The van der Waals surface area contributed by atoms with Gasteiger partial charge in [0.2, 0.25) is 0 Å². The standard InChI is InChI=1S/C26H25Cl2NO4S/c1-31-23-12-8-19(9-13-23)5-2-3-16-32-33-26(30)15-11-21-6-4-7-22(29-21)18-34-25-14-10-20(27)17-24(25)28/h4,6-15,17H,2-3,5,16,18H2,1H3. The van der Waals surface area contributed by atoms with Gasteiger partial charge in [-0.05, 0) is 73.4 Å². The summed E-state index contributed by atoms with van der Waals surface area (Å²) in [6, 6.07) is 19.0. The molecule has 0 spiro atoms. The molecule has 3 aromatic rings. The van der Waals surface area contributed by atoms with Crippen LogP contribution in [0.2, 0.25) is 10.0 Å². The molecule has 8 heteroatoms. The molecule has 0 saturated heterocycles. The predicted octanol–water partition coefficient (Wildman–Crippen LogP) is 7.20. The number of aromatic nitrogens is 1. The summed E-state index contributed by atoms with van der Waals surface area (Å²) in [6.45, 7) is 0.341. The summed E-state index contributed by atoms with van der Waals surface area (Å²) in [5, 5.41) is 1.21. The van der Waals surface area contributed by atoms with E-state index < -0.39 is 5.97 Å². The number of carbonyl (C=O) groups excluding carboxylic acids is 1.